The molecule has 2 aromatic rings. The number of Topliss-reactive ketones (excluding diaryl/α,β-unsaturated/α-hetero) is 1. The van der Waals surface area contributed by atoms with Crippen molar-refractivity contribution < 1.29 is 24.3 Å². The van der Waals surface area contributed by atoms with Gasteiger partial charge in [-0.25, -0.2) is 0 Å². The van der Waals surface area contributed by atoms with E-state index in [1.54, 1.807) is 30.2 Å². The minimum absolute atomic E-state index is 0.135. The van der Waals surface area contributed by atoms with Gasteiger partial charge >= 0.3 is 0 Å². The molecular formula is C25H31N2O4+. The average molecular weight is 424 g/mol. The topological polar surface area (TPSA) is 71.3 Å². The standard InChI is InChI=1S/C25H30N2O4/c1-5-26(6-2)14-15-27-22(18-10-8-7-9-11-18)21(24(29)25(27)30)23(28)19-12-13-20(31-4)17(3)16-19/h7-13,16,22,28H,5-6,14-15H2,1-4H3/p+1/b23-21+/t22-/m0/s1. The third-order valence-electron chi connectivity index (χ3n) is 6.03. The van der Waals surface area contributed by atoms with Crippen molar-refractivity contribution >= 4 is 17.4 Å². The Balaban J connectivity index is 2.08. The fourth-order valence-corrected chi connectivity index (χ4v) is 4.16. The van der Waals surface area contributed by atoms with Gasteiger partial charge in [-0.15, -0.1) is 0 Å². The second kappa shape index (κ2) is 9.79. The van der Waals surface area contributed by atoms with Crippen LogP contribution < -0.4 is 9.64 Å². The summed E-state index contributed by atoms with van der Waals surface area (Å²) >= 11 is 0. The highest BCUT2D eigenvalue weighted by molar-refractivity contribution is 6.46. The van der Waals surface area contributed by atoms with E-state index in [9.17, 15) is 14.7 Å². The van der Waals surface area contributed by atoms with Crippen molar-refractivity contribution in [2.24, 2.45) is 0 Å². The summed E-state index contributed by atoms with van der Waals surface area (Å²) in [6.07, 6.45) is 0. The van der Waals surface area contributed by atoms with Gasteiger partial charge in [-0.1, -0.05) is 30.3 Å². The van der Waals surface area contributed by atoms with Crippen molar-refractivity contribution in [1.82, 2.24) is 4.90 Å². The Bertz CT molecular complexity index is 980. The van der Waals surface area contributed by atoms with Crippen LogP contribution in [0.25, 0.3) is 5.76 Å². The number of quaternary nitrogens is 1. The molecule has 2 N–H and O–H groups in total. The predicted molar refractivity (Wildman–Crippen MR) is 120 cm³/mol. The fraction of sp³-hybridized carbons (Fsp3) is 0.360. The number of hydrogen-bond acceptors (Lipinski definition) is 4. The Labute approximate surface area is 183 Å². The van der Waals surface area contributed by atoms with E-state index in [1.165, 1.54) is 4.90 Å². The number of aliphatic hydroxyl groups excluding tert-OH is 1. The molecule has 0 unspecified atom stereocenters. The van der Waals surface area contributed by atoms with Gasteiger partial charge in [0, 0.05) is 5.56 Å². The van der Waals surface area contributed by atoms with Gasteiger partial charge in [0.05, 0.1) is 44.9 Å². The van der Waals surface area contributed by atoms with E-state index in [2.05, 4.69) is 13.8 Å². The van der Waals surface area contributed by atoms with E-state index in [0.717, 1.165) is 30.8 Å². The largest absolute Gasteiger partial charge is 0.507 e. The van der Waals surface area contributed by atoms with Gasteiger partial charge in [0.25, 0.3) is 11.7 Å². The minimum Gasteiger partial charge on any atom is -0.507 e. The SMILES string of the molecule is CC[NH+](CC)CCN1C(=O)C(=O)/C(=C(/O)c2ccc(OC)c(C)c2)[C@@H]1c1ccccc1. The third kappa shape index (κ3) is 4.49. The molecule has 164 valence electrons. The predicted octanol–water partition coefficient (Wildman–Crippen LogP) is 2.35. The van der Waals surface area contributed by atoms with Crippen molar-refractivity contribution in [3.63, 3.8) is 0 Å². The van der Waals surface area contributed by atoms with E-state index in [4.69, 9.17) is 4.74 Å². The molecule has 1 aliphatic heterocycles. The first-order valence-electron chi connectivity index (χ1n) is 10.7. The van der Waals surface area contributed by atoms with Crippen molar-refractivity contribution in [2.45, 2.75) is 26.8 Å². The van der Waals surface area contributed by atoms with Crippen LogP contribution in [0.3, 0.4) is 0 Å². The monoisotopic (exact) mass is 423 g/mol. The zero-order chi connectivity index (χ0) is 22.5. The van der Waals surface area contributed by atoms with Gasteiger partial charge in [0.2, 0.25) is 0 Å². The quantitative estimate of drug-likeness (QED) is 0.389. The lowest BCUT2D eigenvalue weighted by molar-refractivity contribution is -0.895. The smallest absolute Gasteiger partial charge is 0.295 e. The number of carbonyl (C=O) groups is 2. The minimum atomic E-state index is -0.644. The van der Waals surface area contributed by atoms with Crippen molar-refractivity contribution in [2.75, 3.05) is 33.3 Å². The number of methoxy groups -OCH3 is 1. The van der Waals surface area contributed by atoms with Crippen LogP contribution in [0.4, 0.5) is 0 Å². The van der Waals surface area contributed by atoms with Crippen LogP contribution in [0.15, 0.2) is 54.1 Å². The molecule has 0 bridgehead atoms. The number of rotatable bonds is 8. The highest BCUT2D eigenvalue weighted by atomic mass is 16.5. The van der Waals surface area contributed by atoms with Gasteiger partial charge < -0.3 is 19.6 Å². The molecule has 1 atom stereocenters. The van der Waals surface area contributed by atoms with Crippen molar-refractivity contribution in [1.29, 1.82) is 0 Å². The molecule has 0 saturated carbocycles. The summed E-state index contributed by atoms with van der Waals surface area (Å²) in [5.74, 6) is -0.670. The molecule has 1 heterocycles. The molecule has 31 heavy (non-hydrogen) atoms. The summed E-state index contributed by atoms with van der Waals surface area (Å²) in [6, 6.07) is 14.0. The summed E-state index contributed by atoms with van der Waals surface area (Å²) in [6.45, 7) is 9.16. The number of aliphatic hydroxyl groups is 1. The number of likely N-dealkylation sites (tertiary alicyclic amines) is 1. The Morgan fingerprint density at radius 1 is 1.10 bits per heavy atom. The number of ether oxygens (including phenoxy) is 1. The van der Waals surface area contributed by atoms with E-state index in [-0.39, 0.29) is 11.3 Å². The molecule has 2 aromatic carbocycles. The van der Waals surface area contributed by atoms with Crippen LogP contribution in [0.2, 0.25) is 0 Å². The molecular weight excluding hydrogens is 392 g/mol. The fourth-order valence-electron chi connectivity index (χ4n) is 4.16. The van der Waals surface area contributed by atoms with Gasteiger partial charge in [0.1, 0.15) is 11.5 Å². The van der Waals surface area contributed by atoms with Crippen LogP contribution >= 0.6 is 0 Å². The maximum Gasteiger partial charge on any atom is 0.295 e. The summed E-state index contributed by atoms with van der Waals surface area (Å²) in [5, 5.41) is 11.1. The van der Waals surface area contributed by atoms with E-state index >= 15 is 0 Å². The number of likely N-dealkylation sites (N-methyl/N-ethyl adjacent to an activating group) is 1. The first kappa shape index (κ1) is 22.6. The van der Waals surface area contributed by atoms with Crippen LogP contribution in [0.1, 0.15) is 36.6 Å². The Morgan fingerprint density at radius 3 is 2.35 bits per heavy atom. The summed E-state index contributed by atoms with van der Waals surface area (Å²) in [7, 11) is 1.58. The van der Waals surface area contributed by atoms with Crippen LogP contribution in [0, 0.1) is 6.92 Å². The molecule has 6 nitrogen and oxygen atoms in total. The molecule has 0 spiro atoms. The normalized spacial score (nSPS) is 18.1. The maximum absolute atomic E-state index is 13.1. The molecule has 0 aromatic heterocycles. The van der Waals surface area contributed by atoms with Crippen LogP contribution in [0.5, 0.6) is 5.75 Å². The Kier molecular flexibility index (Phi) is 7.13. The summed E-state index contributed by atoms with van der Waals surface area (Å²) in [4.78, 5) is 29.0. The molecule has 1 aliphatic rings. The number of nitrogens with one attached hydrogen (secondary N) is 1. The highest BCUT2D eigenvalue weighted by Gasteiger charge is 2.46. The summed E-state index contributed by atoms with van der Waals surface area (Å²) < 4.78 is 5.30. The molecule has 1 amide bonds. The molecule has 1 saturated heterocycles. The van der Waals surface area contributed by atoms with E-state index < -0.39 is 17.7 Å². The second-order valence-electron chi connectivity index (χ2n) is 7.79. The van der Waals surface area contributed by atoms with Crippen LogP contribution in [-0.4, -0.2) is 55.0 Å². The Hall–Kier alpha value is -3.12. The molecule has 0 aliphatic carbocycles. The lowest BCUT2D eigenvalue weighted by Gasteiger charge is -2.27. The Morgan fingerprint density at radius 2 is 1.77 bits per heavy atom. The third-order valence-corrected chi connectivity index (χ3v) is 6.03. The molecule has 0 radical (unpaired) electrons. The average Bonchev–Trinajstić information content (AvgIpc) is 3.04. The van der Waals surface area contributed by atoms with E-state index in [0.29, 0.717) is 17.9 Å². The zero-order valence-electron chi connectivity index (χ0n) is 18.6. The number of benzene rings is 2. The van der Waals surface area contributed by atoms with E-state index in [1.807, 2.05) is 37.3 Å². The number of hydrogen-bond donors (Lipinski definition) is 2. The number of ketones is 1. The number of carbonyl (C=O) groups excluding carboxylic acids is 2. The van der Waals surface area contributed by atoms with Crippen molar-refractivity contribution in [3.05, 3.63) is 70.8 Å². The van der Waals surface area contributed by atoms with Gasteiger partial charge in [-0.2, -0.15) is 0 Å². The van der Waals surface area contributed by atoms with Gasteiger partial charge in [-0.05, 0) is 50.1 Å². The second-order valence-corrected chi connectivity index (χ2v) is 7.79. The number of amides is 1. The first-order valence-corrected chi connectivity index (χ1v) is 10.7. The van der Waals surface area contributed by atoms with Gasteiger partial charge in [-0.3, -0.25) is 9.59 Å². The molecule has 1 fully saturated rings. The first-order chi connectivity index (χ1) is 14.9. The number of nitrogens with zero attached hydrogens (tertiary/aromatic N) is 1. The molecule has 3 rings (SSSR count). The lowest BCUT2D eigenvalue weighted by atomic mass is 9.95. The summed E-state index contributed by atoms with van der Waals surface area (Å²) in [5.41, 5.74) is 2.27. The zero-order valence-corrected chi connectivity index (χ0v) is 18.6. The van der Waals surface area contributed by atoms with Crippen LogP contribution in [-0.2, 0) is 9.59 Å². The highest BCUT2D eigenvalue weighted by Crippen LogP contribution is 2.39. The number of aryl methyl sites for hydroxylation is 1. The lowest BCUT2D eigenvalue weighted by Crippen LogP contribution is -3.12. The van der Waals surface area contributed by atoms with Crippen molar-refractivity contribution in [3.8, 4) is 5.75 Å². The maximum atomic E-state index is 13.1. The van der Waals surface area contributed by atoms with Gasteiger partial charge in [0.15, 0.2) is 0 Å². The molecule has 6 heteroatoms.